The first kappa shape index (κ1) is 40.0. The molecule has 9 heteroatoms. The van der Waals surface area contributed by atoms with E-state index in [4.69, 9.17) is 14.2 Å². The summed E-state index contributed by atoms with van der Waals surface area (Å²) in [7, 11) is 0. The maximum absolute atomic E-state index is 12.8. The predicted molar refractivity (Wildman–Crippen MR) is 184 cm³/mol. The maximum Gasteiger partial charge on any atom is 0.315 e. The van der Waals surface area contributed by atoms with Crippen LogP contribution in [0.2, 0.25) is 0 Å². The minimum absolute atomic E-state index is 0.0593. The van der Waals surface area contributed by atoms with Gasteiger partial charge in [0.2, 0.25) is 5.91 Å². The summed E-state index contributed by atoms with van der Waals surface area (Å²) in [6, 6.07) is -0.405. The number of rotatable bonds is 22. The first-order valence-electron chi connectivity index (χ1n) is 18.5. The zero-order chi connectivity index (χ0) is 33.7. The molecule has 266 valence electrons. The normalized spacial score (nSPS) is 22.3. The van der Waals surface area contributed by atoms with Gasteiger partial charge in [-0.25, -0.2) is 4.79 Å². The van der Waals surface area contributed by atoms with Gasteiger partial charge in [0, 0.05) is 18.5 Å². The second-order valence-corrected chi connectivity index (χ2v) is 14.5. The Hall–Kier alpha value is -2.13. The lowest BCUT2D eigenvalue weighted by atomic mass is 9.85. The molecular weight excluding hydrogens is 582 g/mol. The molecule has 46 heavy (non-hydrogen) atoms. The predicted octanol–water partition coefficient (Wildman–Crippen LogP) is 7.86. The second kappa shape index (κ2) is 22.4. The fraction of sp³-hybridized carbons (Fsp3) is 0.865. The molecular formula is C37H67N3O6. The second-order valence-electron chi connectivity index (χ2n) is 14.5. The number of nitrogens with one attached hydrogen (secondary N) is 3. The quantitative estimate of drug-likeness (QED) is 0.0625. The lowest BCUT2D eigenvalue weighted by Gasteiger charge is -2.44. The first-order valence-corrected chi connectivity index (χ1v) is 18.5. The molecule has 0 aromatic heterocycles. The van der Waals surface area contributed by atoms with E-state index in [1.165, 1.54) is 77.0 Å². The summed E-state index contributed by atoms with van der Waals surface area (Å²) < 4.78 is 17.3. The van der Waals surface area contributed by atoms with Crippen LogP contribution in [0.25, 0.3) is 0 Å². The first-order chi connectivity index (χ1) is 22.0. The highest BCUT2D eigenvalue weighted by atomic mass is 16.7. The number of hydrogen-bond donors (Lipinski definition) is 3. The molecule has 2 rings (SSSR count). The smallest absolute Gasteiger partial charge is 0.315 e. The average Bonchev–Trinajstić information content (AvgIpc) is 3.01. The molecule has 1 aliphatic carbocycles. The van der Waals surface area contributed by atoms with Crippen LogP contribution in [0, 0.1) is 5.41 Å². The van der Waals surface area contributed by atoms with Gasteiger partial charge in [-0.15, -0.1) is 0 Å². The van der Waals surface area contributed by atoms with Gasteiger partial charge in [-0.05, 0) is 65.2 Å². The molecule has 2 aliphatic rings. The number of urea groups is 1. The van der Waals surface area contributed by atoms with Crippen molar-refractivity contribution >= 4 is 17.9 Å². The maximum atomic E-state index is 12.8. The summed E-state index contributed by atoms with van der Waals surface area (Å²) in [6.07, 6.45) is 24.8. The molecule has 0 bridgehead atoms. The lowest BCUT2D eigenvalue weighted by Crippen LogP contribution is -2.56. The van der Waals surface area contributed by atoms with E-state index in [-0.39, 0.29) is 43.0 Å². The third-order valence-corrected chi connectivity index (χ3v) is 9.05. The standard InChI is InChI=1S/C37H67N3O6/c1-6-7-8-9-10-11-12-13-14-15-16-17-18-19-20-23-27-39-35(43)40-30-24-21-22-25-31(30)45-32(41)26-28-38-34(42)33-36(2,3)29-44-37(4,5)46-33/h14-15,30-31,33H,6-13,16-29H2,1-5H3,(H,38,42)(H2,39,40,43). The zero-order valence-corrected chi connectivity index (χ0v) is 29.9. The molecule has 0 aromatic carbocycles. The molecule has 0 aromatic rings. The highest BCUT2D eigenvalue weighted by Crippen LogP contribution is 2.34. The van der Waals surface area contributed by atoms with E-state index in [0.29, 0.717) is 13.2 Å². The van der Waals surface area contributed by atoms with Crippen molar-refractivity contribution in [2.45, 2.75) is 181 Å². The summed E-state index contributed by atoms with van der Waals surface area (Å²) >= 11 is 0. The zero-order valence-electron chi connectivity index (χ0n) is 29.9. The van der Waals surface area contributed by atoms with Crippen LogP contribution in [-0.4, -0.2) is 61.6 Å². The lowest BCUT2D eigenvalue weighted by molar-refractivity contribution is -0.304. The van der Waals surface area contributed by atoms with Gasteiger partial charge in [-0.2, -0.15) is 0 Å². The Kier molecular flexibility index (Phi) is 19.5. The van der Waals surface area contributed by atoms with Crippen molar-refractivity contribution in [1.82, 2.24) is 16.0 Å². The Morgan fingerprint density at radius 1 is 0.783 bits per heavy atom. The third kappa shape index (κ3) is 17.1. The summed E-state index contributed by atoms with van der Waals surface area (Å²) in [6.45, 7) is 10.9. The van der Waals surface area contributed by atoms with E-state index in [2.05, 4.69) is 35.0 Å². The molecule has 1 heterocycles. The number of ether oxygens (including phenoxy) is 3. The van der Waals surface area contributed by atoms with Gasteiger partial charge in [0.15, 0.2) is 5.79 Å². The van der Waals surface area contributed by atoms with Crippen molar-refractivity contribution in [2.75, 3.05) is 19.7 Å². The van der Waals surface area contributed by atoms with Crippen molar-refractivity contribution in [3.05, 3.63) is 12.2 Å². The van der Waals surface area contributed by atoms with E-state index < -0.39 is 17.3 Å². The topological polar surface area (TPSA) is 115 Å². The van der Waals surface area contributed by atoms with Crippen molar-refractivity contribution in [1.29, 1.82) is 0 Å². The largest absolute Gasteiger partial charge is 0.460 e. The van der Waals surface area contributed by atoms with Crippen LogP contribution >= 0.6 is 0 Å². The minimum atomic E-state index is -0.838. The fourth-order valence-corrected chi connectivity index (χ4v) is 6.13. The molecule has 0 spiro atoms. The van der Waals surface area contributed by atoms with Crippen LogP contribution in [0.5, 0.6) is 0 Å². The van der Waals surface area contributed by atoms with Crippen LogP contribution in [0.3, 0.4) is 0 Å². The van der Waals surface area contributed by atoms with E-state index >= 15 is 0 Å². The summed E-state index contributed by atoms with van der Waals surface area (Å²) in [5.41, 5.74) is -0.481. The minimum Gasteiger partial charge on any atom is -0.460 e. The molecule has 9 nitrogen and oxygen atoms in total. The Morgan fingerprint density at radius 2 is 1.39 bits per heavy atom. The molecule has 1 aliphatic heterocycles. The third-order valence-electron chi connectivity index (χ3n) is 9.05. The van der Waals surface area contributed by atoms with Gasteiger partial charge < -0.3 is 30.2 Å². The van der Waals surface area contributed by atoms with E-state index in [1.54, 1.807) is 13.8 Å². The summed E-state index contributed by atoms with van der Waals surface area (Å²) in [5, 5.41) is 8.82. The van der Waals surface area contributed by atoms with Gasteiger partial charge in [0.1, 0.15) is 12.2 Å². The molecule has 3 atom stereocenters. The molecule has 1 saturated heterocycles. The molecule has 3 N–H and O–H groups in total. The average molecular weight is 650 g/mol. The number of unbranched alkanes of at least 4 members (excludes halogenated alkanes) is 12. The molecule has 0 radical (unpaired) electrons. The summed E-state index contributed by atoms with van der Waals surface area (Å²) in [5.74, 6) is -1.48. The van der Waals surface area contributed by atoms with E-state index in [9.17, 15) is 14.4 Å². The van der Waals surface area contributed by atoms with Crippen LogP contribution in [0.4, 0.5) is 4.79 Å². The van der Waals surface area contributed by atoms with Gasteiger partial charge >= 0.3 is 12.0 Å². The van der Waals surface area contributed by atoms with E-state index in [0.717, 1.165) is 38.5 Å². The summed E-state index contributed by atoms with van der Waals surface area (Å²) in [4.78, 5) is 38.0. The van der Waals surface area contributed by atoms with Gasteiger partial charge in [-0.1, -0.05) is 97.1 Å². The highest BCUT2D eigenvalue weighted by Gasteiger charge is 2.45. The van der Waals surface area contributed by atoms with Crippen LogP contribution < -0.4 is 16.0 Å². The van der Waals surface area contributed by atoms with Crippen molar-refractivity contribution in [3.8, 4) is 0 Å². The number of allylic oxidation sites excluding steroid dienone is 2. The van der Waals surface area contributed by atoms with Crippen LogP contribution in [0.15, 0.2) is 12.2 Å². The number of amides is 3. The number of carbonyl (C=O) groups is 3. The van der Waals surface area contributed by atoms with Crippen molar-refractivity contribution in [2.24, 2.45) is 5.41 Å². The SMILES string of the molecule is CCCCCCCCCC=CCCCCCCCNC(=O)NC1CCCCC1OC(=O)CCNC(=O)C1OC(C)(C)OCC1(C)C. The van der Waals surface area contributed by atoms with E-state index in [1.807, 2.05) is 13.8 Å². The van der Waals surface area contributed by atoms with Gasteiger partial charge in [0.25, 0.3) is 0 Å². The number of esters is 1. The Morgan fingerprint density at radius 3 is 2.07 bits per heavy atom. The Balaban J connectivity index is 1.52. The Bertz CT molecular complexity index is 906. The van der Waals surface area contributed by atoms with Crippen molar-refractivity contribution < 1.29 is 28.6 Å². The molecule has 1 saturated carbocycles. The van der Waals surface area contributed by atoms with Crippen molar-refractivity contribution in [3.63, 3.8) is 0 Å². The van der Waals surface area contributed by atoms with Gasteiger partial charge in [0.05, 0.1) is 19.1 Å². The number of hydrogen-bond acceptors (Lipinski definition) is 6. The Labute approximate surface area is 280 Å². The van der Waals surface area contributed by atoms with Crippen LogP contribution in [0.1, 0.15) is 157 Å². The van der Waals surface area contributed by atoms with Gasteiger partial charge in [-0.3, -0.25) is 9.59 Å². The molecule has 2 fully saturated rings. The molecule has 3 unspecified atom stereocenters. The number of carbonyl (C=O) groups excluding carboxylic acids is 3. The van der Waals surface area contributed by atoms with Crippen LogP contribution in [-0.2, 0) is 23.8 Å². The molecule has 3 amide bonds. The fourth-order valence-electron chi connectivity index (χ4n) is 6.13. The highest BCUT2D eigenvalue weighted by molar-refractivity contribution is 5.82. The monoisotopic (exact) mass is 650 g/mol.